The summed E-state index contributed by atoms with van der Waals surface area (Å²) >= 11 is -1.01. The SMILES string of the molecule is CCC(C(C)=O)C(=O)[O-].CCC(C(C)=O)C(=O)[O-].CCN(CC)CCC[O][Zr+2][O]CCCN(CC)CC. The Morgan fingerprint density at radius 1 is 0.649 bits per heavy atom. The number of carbonyl (C=O) groups excluding carboxylic acids is 4. The van der Waals surface area contributed by atoms with Crippen LogP contribution < -0.4 is 10.2 Å². The number of hydrogen-bond acceptors (Lipinski definition) is 10. The topological polar surface area (TPSA) is 139 Å². The van der Waals surface area contributed by atoms with Gasteiger partial charge in [0.05, 0.1) is 23.8 Å². The summed E-state index contributed by atoms with van der Waals surface area (Å²) in [7, 11) is 0. The Morgan fingerprint density at radius 3 is 1.11 bits per heavy atom. The normalized spacial score (nSPS) is 11.9. The van der Waals surface area contributed by atoms with Crippen LogP contribution >= 0.6 is 0 Å². The number of hydrogen-bond donors (Lipinski definition) is 0. The molecule has 0 aliphatic rings. The molecule has 2 unspecified atom stereocenters. The zero-order valence-electron chi connectivity index (χ0n) is 24.3. The summed E-state index contributed by atoms with van der Waals surface area (Å²) in [6.45, 7) is 23.2. The molecule has 0 heterocycles. The van der Waals surface area contributed by atoms with Crippen molar-refractivity contribution in [1.82, 2.24) is 9.80 Å². The molecule has 0 aromatic heterocycles. The van der Waals surface area contributed by atoms with Crippen molar-refractivity contribution >= 4 is 23.5 Å². The van der Waals surface area contributed by atoms with Crippen LogP contribution in [0.2, 0.25) is 0 Å². The van der Waals surface area contributed by atoms with E-state index in [0.717, 1.165) is 65.3 Å². The van der Waals surface area contributed by atoms with E-state index < -0.39 is 47.9 Å². The van der Waals surface area contributed by atoms with Crippen LogP contribution in [-0.4, -0.2) is 85.8 Å². The van der Waals surface area contributed by atoms with Crippen LogP contribution in [0.3, 0.4) is 0 Å². The van der Waals surface area contributed by atoms with E-state index in [1.165, 1.54) is 13.8 Å². The maximum atomic E-state index is 10.4. The fourth-order valence-electron chi connectivity index (χ4n) is 3.17. The van der Waals surface area contributed by atoms with Gasteiger partial charge >= 0.3 is 133 Å². The molecular weight excluding hydrogens is 560 g/mol. The summed E-state index contributed by atoms with van der Waals surface area (Å²) in [6, 6.07) is 0. The Balaban J connectivity index is -0.000000534. The average molecular weight is 610 g/mol. The molecule has 37 heavy (non-hydrogen) atoms. The zero-order valence-corrected chi connectivity index (χ0v) is 26.8. The number of carbonyl (C=O) groups is 4. The third-order valence-electron chi connectivity index (χ3n) is 5.72. The van der Waals surface area contributed by atoms with Gasteiger partial charge in [-0.3, -0.25) is 9.59 Å². The van der Waals surface area contributed by atoms with E-state index in [1.807, 2.05) is 0 Å². The first-order valence-electron chi connectivity index (χ1n) is 13.3. The first-order chi connectivity index (χ1) is 17.5. The minimum absolute atomic E-state index is 0.317. The summed E-state index contributed by atoms with van der Waals surface area (Å²) in [5.41, 5.74) is 0. The molecule has 0 rings (SSSR count). The van der Waals surface area contributed by atoms with Crippen LogP contribution in [0.4, 0.5) is 0 Å². The standard InChI is InChI=1S/2C7H16NO.2C6H10O3.Zr/c2*1-3-8(4-2)6-5-7-9;2*1-3-5(4(2)7)6(8)9;/h2*3-7H2,1-2H3;2*5H,3H2,1-2H3,(H,8,9);/q2*-1;;;+4/p-2. The van der Waals surface area contributed by atoms with Crippen molar-refractivity contribution in [2.24, 2.45) is 11.8 Å². The van der Waals surface area contributed by atoms with Crippen LogP contribution in [0.5, 0.6) is 0 Å². The van der Waals surface area contributed by atoms with Gasteiger partial charge in [0.15, 0.2) is 0 Å². The van der Waals surface area contributed by atoms with Gasteiger partial charge in [0, 0.05) is 0 Å². The van der Waals surface area contributed by atoms with Gasteiger partial charge in [-0.15, -0.1) is 0 Å². The van der Waals surface area contributed by atoms with Crippen molar-refractivity contribution in [3.63, 3.8) is 0 Å². The molecule has 0 bridgehead atoms. The van der Waals surface area contributed by atoms with Crippen molar-refractivity contribution in [3.8, 4) is 0 Å². The van der Waals surface area contributed by atoms with Crippen LogP contribution in [0.1, 0.15) is 81.1 Å². The summed E-state index contributed by atoms with van der Waals surface area (Å²) in [5, 5.41) is 20.1. The van der Waals surface area contributed by atoms with Crippen LogP contribution in [0.15, 0.2) is 0 Å². The van der Waals surface area contributed by atoms with Crippen molar-refractivity contribution in [2.45, 2.75) is 81.1 Å². The second-order valence-electron chi connectivity index (χ2n) is 8.32. The molecule has 0 amide bonds. The zero-order chi connectivity index (χ0) is 29.2. The predicted molar refractivity (Wildman–Crippen MR) is 136 cm³/mol. The molecule has 0 aromatic carbocycles. The number of ketones is 2. The summed E-state index contributed by atoms with van der Waals surface area (Å²) in [6.07, 6.45) is 2.89. The fourth-order valence-corrected chi connectivity index (χ4v) is 4.49. The summed E-state index contributed by atoms with van der Waals surface area (Å²) in [5.74, 6) is -5.04. The van der Waals surface area contributed by atoms with Gasteiger partial charge in [-0.1, -0.05) is 13.8 Å². The Morgan fingerprint density at radius 2 is 0.946 bits per heavy atom. The first-order valence-corrected chi connectivity index (χ1v) is 15.3. The molecule has 0 radical (unpaired) electrons. The summed E-state index contributed by atoms with van der Waals surface area (Å²) in [4.78, 5) is 45.7. The number of rotatable bonds is 20. The Kier molecular flexibility index (Phi) is 30.7. The molecule has 0 saturated carbocycles. The Labute approximate surface area is 237 Å². The third-order valence-corrected chi connectivity index (χ3v) is 7.30. The Hall–Kier alpha value is -0.997. The van der Waals surface area contributed by atoms with E-state index in [1.54, 1.807) is 13.8 Å². The quantitative estimate of drug-likeness (QED) is 0.146. The Bertz CT molecular complexity index is 521. The molecule has 0 N–H and O–H groups in total. The van der Waals surface area contributed by atoms with Crippen molar-refractivity contribution in [2.75, 3.05) is 52.5 Å². The van der Waals surface area contributed by atoms with Gasteiger partial charge in [-0.05, 0) is 26.7 Å². The predicted octanol–water partition coefficient (Wildman–Crippen LogP) is 1.10. The monoisotopic (exact) mass is 608 g/mol. The third kappa shape index (κ3) is 25.1. The molecule has 0 saturated heterocycles. The number of aliphatic carboxylic acids is 2. The second kappa shape index (κ2) is 28.0. The molecule has 0 aromatic rings. The number of Topliss-reactive ketones (excluding diaryl/α,β-unsaturated/α-hetero) is 2. The van der Waals surface area contributed by atoms with E-state index in [9.17, 15) is 29.4 Å². The van der Waals surface area contributed by atoms with Gasteiger partial charge in [0.1, 0.15) is 11.6 Å². The van der Waals surface area contributed by atoms with Gasteiger partial charge in [-0.2, -0.15) is 0 Å². The van der Waals surface area contributed by atoms with Crippen LogP contribution in [-0.2, 0) is 48.9 Å². The molecule has 216 valence electrons. The van der Waals surface area contributed by atoms with Crippen molar-refractivity contribution in [1.29, 1.82) is 0 Å². The van der Waals surface area contributed by atoms with E-state index in [0.29, 0.717) is 12.8 Å². The van der Waals surface area contributed by atoms with Crippen LogP contribution in [0, 0.1) is 11.8 Å². The van der Waals surface area contributed by atoms with E-state index >= 15 is 0 Å². The number of carboxylic acid groups (broad SMARTS) is 2. The van der Waals surface area contributed by atoms with Gasteiger partial charge in [0.2, 0.25) is 0 Å². The molecule has 0 fully saturated rings. The molecule has 11 heteroatoms. The first kappa shape index (κ1) is 40.5. The van der Waals surface area contributed by atoms with Crippen LogP contribution in [0.25, 0.3) is 0 Å². The number of carboxylic acids is 2. The van der Waals surface area contributed by atoms with E-state index in [4.69, 9.17) is 5.63 Å². The van der Waals surface area contributed by atoms with Crippen molar-refractivity contribution in [3.05, 3.63) is 0 Å². The van der Waals surface area contributed by atoms with Gasteiger partial charge < -0.3 is 19.8 Å². The molecule has 10 nitrogen and oxygen atoms in total. The molecule has 0 spiro atoms. The van der Waals surface area contributed by atoms with E-state index in [-0.39, 0.29) is 11.6 Å². The van der Waals surface area contributed by atoms with Gasteiger partial charge in [0.25, 0.3) is 0 Å². The second-order valence-corrected chi connectivity index (χ2v) is 10.2. The van der Waals surface area contributed by atoms with Crippen molar-refractivity contribution < 1.29 is 59.1 Å². The van der Waals surface area contributed by atoms with E-state index in [2.05, 4.69) is 37.5 Å². The van der Waals surface area contributed by atoms with Gasteiger partial charge in [-0.25, -0.2) is 0 Å². The summed E-state index contributed by atoms with van der Waals surface area (Å²) < 4.78 is 11.3. The average Bonchev–Trinajstić information content (AvgIpc) is 2.83. The molecule has 0 aliphatic carbocycles. The molecular formula is C26H50N2O8Zr. The molecule has 0 aliphatic heterocycles. The number of nitrogens with zero attached hydrogens (tertiary/aromatic N) is 2. The molecule has 2 atom stereocenters. The minimum atomic E-state index is -1.27. The fraction of sp³-hybridized carbons (Fsp3) is 0.846. The maximum absolute atomic E-state index is 10.4.